The molecule has 5 nitrogen and oxygen atoms in total. The van der Waals surface area contributed by atoms with Crippen LogP contribution < -0.4 is 10.2 Å². The summed E-state index contributed by atoms with van der Waals surface area (Å²) in [5, 5.41) is 2.99. The number of rotatable bonds is 3. The quantitative estimate of drug-likeness (QED) is 0.829. The number of hydrogen-bond acceptors (Lipinski definition) is 4. The number of esters is 1. The molecule has 1 fully saturated rings. The molecule has 0 aliphatic carbocycles. The summed E-state index contributed by atoms with van der Waals surface area (Å²) in [5.41, 5.74) is 2.91. The molecule has 0 spiro atoms. The number of benzene rings is 2. The normalized spacial score (nSPS) is 21.6. The smallest absolute Gasteiger partial charge is 0.339 e. The lowest BCUT2D eigenvalue weighted by atomic mass is 9.97. The molecule has 1 N–H and O–H groups in total. The highest BCUT2D eigenvalue weighted by molar-refractivity contribution is 5.95. The van der Waals surface area contributed by atoms with Crippen LogP contribution in [-0.2, 0) is 16.0 Å². The first-order chi connectivity index (χ1) is 13.5. The van der Waals surface area contributed by atoms with Gasteiger partial charge in [-0.05, 0) is 49.1 Å². The van der Waals surface area contributed by atoms with Gasteiger partial charge in [0, 0.05) is 25.6 Å². The Labute approximate surface area is 163 Å². The summed E-state index contributed by atoms with van der Waals surface area (Å²) >= 11 is 0. The molecule has 0 saturated carbocycles. The molecule has 0 radical (unpaired) electrons. The van der Waals surface area contributed by atoms with E-state index in [1.807, 2.05) is 30.0 Å². The minimum Gasteiger partial charge on any atom is -0.448 e. The van der Waals surface area contributed by atoms with Crippen molar-refractivity contribution in [2.24, 2.45) is 0 Å². The molecule has 2 aliphatic rings. The van der Waals surface area contributed by atoms with E-state index in [1.165, 1.54) is 6.07 Å². The molecule has 2 unspecified atom stereocenters. The van der Waals surface area contributed by atoms with E-state index in [1.54, 1.807) is 18.2 Å². The molecule has 2 aromatic rings. The second-order valence-corrected chi connectivity index (χ2v) is 7.50. The molecule has 28 heavy (non-hydrogen) atoms. The topological polar surface area (TPSA) is 58.6 Å². The van der Waals surface area contributed by atoms with Gasteiger partial charge in [0.2, 0.25) is 0 Å². The molecule has 2 atom stereocenters. The molecule has 0 aromatic heterocycles. The van der Waals surface area contributed by atoms with E-state index in [-0.39, 0.29) is 17.8 Å². The fourth-order valence-electron chi connectivity index (χ4n) is 3.95. The van der Waals surface area contributed by atoms with Crippen molar-refractivity contribution < 1.29 is 18.7 Å². The Bertz CT molecular complexity index is 914. The number of amides is 1. The van der Waals surface area contributed by atoms with Gasteiger partial charge < -0.3 is 15.0 Å². The highest BCUT2D eigenvalue weighted by atomic mass is 19.1. The molecule has 2 heterocycles. The van der Waals surface area contributed by atoms with E-state index < -0.39 is 12.1 Å². The minimum atomic E-state index is -0.825. The van der Waals surface area contributed by atoms with E-state index in [2.05, 4.69) is 5.32 Å². The molecule has 6 heteroatoms. The van der Waals surface area contributed by atoms with E-state index in [0.717, 1.165) is 30.5 Å². The molecule has 146 valence electrons. The molecule has 2 aliphatic heterocycles. The number of fused-ring (bicyclic) bond motifs is 1. The third-order valence-corrected chi connectivity index (χ3v) is 5.39. The average Bonchev–Trinajstić information content (AvgIpc) is 2.70. The van der Waals surface area contributed by atoms with Gasteiger partial charge in [-0.15, -0.1) is 0 Å². The molecule has 1 amide bonds. The number of anilines is 1. The number of carbonyl (C=O) groups excluding carboxylic acids is 2. The van der Waals surface area contributed by atoms with Crippen LogP contribution in [0.15, 0.2) is 42.5 Å². The predicted octanol–water partition coefficient (Wildman–Crippen LogP) is 3.00. The molecule has 2 aromatic carbocycles. The van der Waals surface area contributed by atoms with E-state index in [9.17, 15) is 14.0 Å². The summed E-state index contributed by atoms with van der Waals surface area (Å²) in [4.78, 5) is 26.8. The second kappa shape index (κ2) is 7.62. The number of nitrogens with one attached hydrogen (secondary N) is 1. The third-order valence-electron chi connectivity index (χ3n) is 5.39. The number of ether oxygens (including phenoxy) is 1. The Morgan fingerprint density at radius 1 is 1.25 bits per heavy atom. The Morgan fingerprint density at radius 3 is 2.93 bits per heavy atom. The number of piperidine rings is 1. The first-order valence-corrected chi connectivity index (χ1v) is 9.61. The van der Waals surface area contributed by atoms with Gasteiger partial charge in [0.25, 0.3) is 5.91 Å². The van der Waals surface area contributed by atoms with E-state index >= 15 is 0 Å². The third kappa shape index (κ3) is 3.72. The zero-order valence-corrected chi connectivity index (χ0v) is 15.8. The summed E-state index contributed by atoms with van der Waals surface area (Å²) in [7, 11) is 0. The number of halogens is 1. The van der Waals surface area contributed by atoms with E-state index in [4.69, 9.17) is 4.74 Å². The Balaban J connectivity index is 1.42. The number of carbonyl (C=O) groups is 2. The van der Waals surface area contributed by atoms with Crippen molar-refractivity contribution in [2.75, 3.05) is 18.0 Å². The van der Waals surface area contributed by atoms with Crippen molar-refractivity contribution in [1.82, 2.24) is 5.32 Å². The zero-order valence-electron chi connectivity index (χ0n) is 15.8. The monoisotopic (exact) mass is 382 g/mol. The largest absolute Gasteiger partial charge is 0.448 e. The summed E-state index contributed by atoms with van der Waals surface area (Å²) in [6, 6.07) is 12.1. The van der Waals surface area contributed by atoms with Gasteiger partial charge in [-0.25, -0.2) is 9.18 Å². The predicted molar refractivity (Wildman–Crippen MR) is 104 cm³/mol. The van der Waals surface area contributed by atoms with E-state index in [0.29, 0.717) is 24.2 Å². The lowest BCUT2D eigenvalue weighted by Crippen LogP contribution is -2.52. The number of cyclic esters (lactones) is 1. The van der Waals surface area contributed by atoms with Crippen LogP contribution in [0.1, 0.15) is 34.3 Å². The Kier molecular flexibility index (Phi) is 5.03. The van der Waals surface area contributed by atoms with Crippen LogP contribution in [-0.4, -0.2) is 37.1 Å². The Hall–Kier alpha value is -2.89. The maximum absolute atomic E-state index is 14.2. The fraction of sp³-hybridized carbons (Fsp3) is 0.364. The molecule has 0 bridgehead atoms. The maximum Gasteiger partial charge on any atom is 0.339 e. The van der Waals surface area contributed by atoms with Gasteiger partial charge >= 0.3 is 5.97 Å². The first-order valence-electron chi connectivity index (χ1n) is 9.61. The van der Waals surface area contributed by atoms with Gasteiger partial charge in [0.1, 0.15) is 5.82 Å². The fourth-order valence-corrected chi connectivity index (χ4v) is 3.95. The molecular weight excluding hydrogens is 359 g/mol. The van der Waals surface area contributed by atoms with Crippen LogP contribution in [0.25, 0.3) is 0 Å². The Morgan fingerprint density at radius 2 is 2.07 bits per heavy atom. The molecule has 1 saturated heterocycles. The maximum atomic E-state index is 14.2. The zero-order chi connectivity index (χ0) is 19.7. The van der Waals surface area contributed by atoms with Gasteiger partial charge in [-0.3, -0.25) is 4.79 Å². The van der Waals surface area contributed by atoms with Gasteiger partial charge in [-0.1, -0.05) is 24.3 Å². The van der Waals surface area contributed by atoms with Crippen molar-refractivity contribution in [1.29, 1.82) is 0 Å². The molecule has 4 rings (SSSR count). The average molecular weight is 382 g/mol. The minimum absolute atomic E-state index is 0.114. The van der Waals surface area contributed by atoms with Crippen LogP contribution in [0.3, 0.4) is 0 Å². The highest BCUT2D eigenvalue weighted by Gasteiger charge is 2.33. The molecular formula is C22H23FN2O3. The van der Waals surface area contributed by atoms with Gasteiger partial charge in [0.15, 0.2) is 6.10 Å². The van der Waals surface area contributed by atoms with Crippen molar-refractivity contribution in [3.05, 3.63) is 65.0 Å². The summed E-state index contributed by atoms with van der Waals surface area (Å²) in [6.07, 6.45) is 1.21. The van der Waals surface area contributed by atoms with Crippen molar-refractivity contribution in [3.63, 3.8) is 0 Å². The summed E-state index contributed by atoms with van der Waals surface area (Å²) < 4.78 is 19.6. The standard InChI is InChI=1S/C22H23FN2O3/c1-14-8-9-18(23)19(11-14)25-10-4-6-16(13-25)24-21(26)20-12-15-5-2-3-7-17(15)22(27)28-20/h2-3,5,7-9,11,16,20H,4,6,10,12-13H2,1H3,(H,24,26). The van der Waals surface area contributed by atoms with Gasteiger partial charge in [-0.2, -0.15) is 0 Å². The highest BCUT2D eigenvalue weighted by Crippen LogP contribution is 2.25. The van der Waals surface area contributed by atoms with Crippen LogP contribution in [0.5, 0.6) is 0 Å². The first kappa shape index (κ1) is 18.5. The SMILES string of the molecule is Cc1ccc(F)c(N2CCCC(NC(=O)C3Cc4ccccc4C(=O)O3)C2)c1. The summed E-state index contributed by atoms with van der Waals surface area (Å²) in [6.45, 7) is 3.21. The van der Waals surface area contributed by atoms with Crippen LogP contribution in [0, 0.1) is 12.7 Å². The number of aryl methyl sites for hydroxylation is 1. The summed E-state index contributed by atoms with van der Waals surface area (Å²) in [5.74, 6) is -1.01. The van der Waals surface area contributed by atoms with Crippen molar-refractivity contribution in [2.45, 2.75) is 38.3 Å². The second-order valence-electron chi connectivity index (χ2n) is 7.50. The number of hydrogen-bond donors (Lipinski definition) is 1. The van der Waals surface area contributed by atoms with Crippen LogP contribution in [0.2, 0.25) is 0 Å². The van der Waals surface area contributed by atoms with Crippen molar-refractivity contribution >= 4 is 17.6 Å². The van der Waals surface area contributed by atoms with Crippen molar-refractivity contribution in [3.8, 4) is 0 Å². The van der Waals surface area contributed by atoms with Crippen LogP contribution in [0.4, 0.5) is 10.1 Å². The lowest BCUT2D eigenvalue weighted by molar-refractivity contribution is -0.131. The lowest BCUT2D eigenvalue weighted by Gasteiger charge is -2.36. The van der Waals surface area contributed by atoms with Crippen LogP contribution >= 0.6 is 0 Å². The number of nitrogens with zero attached hydrogens (tertiary/aromatic N) is 1. The van der Waals surface area contributed by atoms with Gasteiger partial charge in [0.05, 0.1) is 11.3 Å².